The van der Waals surface area contributed by atoms with Crippen LogP contribution in [0.4, 0.5) is 0 Å². The molecule has 0 bridgehead atoms. The van der Waals surface area contributed by atoms with Crippen LogP contribution in [-0.4, -0.2) is 42.6 Å². The summed E-state index contributed by atoms with van der Waals surface area (Å²) in [7, 11) is 0. The van der Waals surface area contributed by atoms with Gasteiger partial charge in [-0.05, 0) is 24.0 Å². The molecule has 2 aliphatic rings. The Morgan fingerprint density at radius 3 is 2.26 bits per heavy atom. The fraction of sp³-hybridized carbons (Fsp3) is 0.562. The minimum Gasteiger partial charge on any atom is -0.379 e. The lowest BCUT2D eigenvalue weighted by Gasteiger charge is -2.26. The van der Waals surface area contributed by atoms with E-state index in [0.29, 0.717) is 6.54 Å². The van der Waals surface area contributed by atoms with Crippen molar-refractivity contribution in [3.8, 4) is 0 Å². The summed E-state index contributed by atoms with van der Waals surface area (Å²) in [4.78, 5) is 14.2. The molecule has 1 amide bonds. The van der Waals surface area contributed by atoms with Gasteiger partial charge in [0.15, 0.2) is 0 Å². The molecule has 1 aliphatic heterocycles. The first-order valence-electron chi connectivity index (χ1n) is 7.61. The highest BCUT2D eigenvalue weighted by Gasteiger charge is 2.45. The Morgan fingerprint density at radius 2 is 1.70 bits per heavy atom. The molecule has 3 rings (SSSR count). The lowest BCUT2D eigenvalue weighted by molar-refractivity contribution is -0.123. The van der Waals surface area contributed by atoms with E-state index in [1.54, 1.807) is 0 Å². The van der Waals surface area contributed by atoms with E-state index in [9.17, 15) is 4.79 Å². The van der Waals surface area contributed by atoms with Crippen LogP contribution in [0.15, 0.2) is 24.3 Å². The van der Waals surface area contributed by atoms with Crippen LogP contribution in [-0.2, 0) is 22.6 Å². The summed E-state index contributed by atoms with van der Waals surface area (Å²) >= 11 is 0. The van der Waals surface area contributed by atoms with E-state index in [4.69, 9.17) is 10.5 Å². The summed E-state index contributed by atoms with van der Waals surface area (Å²) in [6.07, 6.45) is 1.61. The van der Waals surface area contributed by atoms with Crippen LogP contribution in [0.2, 0.25) is 0 Å². The number of nitrogens with one attached hydrogen (secondary N) is 1. The number of rotatable bonds is 5. The Bertz CT molecular complexity index is 501. The molecule has 7 heteroatoms. The van der Waals surface area contributed by atoms with Gasteiger partial charge in [0.05, 0.1) is 18.8 Å². The van der Waals surface area contributed by atoms with Gasteiger partial charge in [-0.25, -0.2) is 0 Å². The fourth-order valence-electron chi connectivity index (χ4n) is 2.50. The maximum Gasteiger partial charge on any atom is 0.240 e. The van der Waals surface area contributed by atoms with Gasteiger partial charge in [-0.3, -0.25) is 9.69 Å². The predicted octanol–water partition coefficient (Wildman–Crippen LogP) is 1.47. The van der Waals surface area contributed by atoms with E-state index in [2.05, 4.69) is 34.5 Å². The largest absolute Gasteiger partial charge is 0.379 e. The second kappa shape index (κ2) is 8.85. The van der Waals surface area contributed by atoms with Crippen molar-refractivity contribution in [1.29, 1.82) is 0 Å². The number of nitrogens with two attached hydrogens (primary N) is 1. The van der Waals surface area contributed by atoms with Crippen LogP contribution in [0.25, 0.3) is 0 Å². The van der Waals surface area contributed by atoms with Crippen LogP contribution in [0.5, 0.6) is 0 Å². The van der Waals surface area contributed by atoms with Crippen molar-refractivity contribution in [2.75, 3.05) is 26.3 Å². The lowest BCUT2D eigenvalue weighted by atomic mass is 10.1. The summed E-state index contributed by atoms with van der Waals surface area (Å²) in [5.41, 5.74) is 7.67. The zero-order chi connectivity index (χ0) is 14.7. The standard InChI is InChI=1S/C16H23N3O2.2ClH/c17-16(5-6-16)15(20)18-11-13-1-3-14(4-2-13)12-19-7-9-21-10-8-19;;/h1-4H,5-12,17H2,(H,18,20);2*1H. The molecule has 1 saturated heterocycles. The molecule has 0 atom stereocenters. The highest BCUT2D eigenvalue weighted by molar-refractivity contribution is 5.88. The highest BCUT2D eigenvalue weighted by Crippen LogP contribution is 2.32. The van der Waals surface area contributed by atoms with Crippen molar-refractivity contribution in [3.05, 3.63) is 35.4 Å². The summed E-state index contributed by atoms with van der Waals surface area (Å²) in [6.45, 7) is 5.15. The van der Waals surface area contributed by atoms with E-state index in [-0.39, 0.29) is 30.7 Å². The predicted molar refractivity (Wildman–Crippen MR) is 95.0 cm³/mol. The molecule has 0 unspecified atom stereocenters. The average molecular weight is 362 g/mol. The van der Waals surface area contributed by atoms with Gasteiger partial charge < -0.3 is 15.8 Å². The van der Waals surface area contributed by atoms with Gasteiger partial charge in [0, 0.05) is 26.2 Å². The number of hydrogen-bond donors (Lipinski definition) is 2. The smallest absolute Gasteiger partial charge is 0.240 e. The Labute approximate surface area is 149 Å². The first-order chi connectivity index (χ1) is 10.2. The zero-order valence-corrected chi connectivity index (χ0v) is 14.8. The SMILES string of the molecule is Cl.Cl.NC1(C(=O)NCc2ccc(CN3CCOCC3)cc2)CC1. The molecule has 1 aromatic rings. The molecule has 1 aliphatic carbocycles. The molecular weight excluding hydrogens is 337 g/mol. The van der Waals surface area contributed by atoms with Crippen molar-refractivity contribution in [3.63, 3.8) is 0 Å². The van der Waals surface area contributed by atoms with Crippen LogP contribution in [0, 0.1) is 0 Å². The third-order valence-electron chi connectivity index (χ3n) is 4.23. The number of nitrogens with zero attached hydrogens (tertiary/aromatic N) is 1. The maximum absolute atomic E-state index is 11.8. The minimum absolute atomic E-state index is 0. The van der Waals surface area contributed by atoms with Gasteiger partial charge in [-0.15, -0.1) is 24.8 Å². The van der Waals surface area contributed by atoms with Crippen LogP contribution in [0.1, 0.15) is 24.0 Å². The number of morpholine rings is 1. The number of amides is 1. The first kappa shape index (κ1) is 20.2. The van der Waals surface area contributed by atoms with Crippen molar-refractivity contribution in [2.24, 2.45) is 5.73 Å². The Balaban J connectivity index is 0.00000132. The Kier molecular flexibility index (Phi) is 7.77. The second-order valence-electron chi connectivity index (χ2n) is 6.04. The molecule has 0 spiro atoms. The molecule has 1 aromatic carbocycles. The summed E-state index contributed by atoms with van der Waals surface area (Å²) < 4.78 is 5.35. The lowest BCUT2D eigenvalue weighted by Crippen LogP contribution is -2.42. The van der Waals surface area contributed by atoms with Gasteiger partial charge in [-0.1, -0.05) is 24.3 Å². The monoisotopic (exact) mass is 361 g/mol. The number of benzene rings is 1. The molecule has 0 aromatic heterocycles. The normalized spacial score (nSPS) is 19.2. The molecule has 23 heavy (non-hydrogen) atoms. The van der Waals surface area contributed by atoms with E-state index >= 15 is 0 Å². The summed E-state index contributed by atoms with van der Waals surface area (Å²) in [5, 5.41) is 2.91. The molecule has 1 saturated carbocycles. The molecule has 130 valence electrons. The van der Waals surface area contributed by atoms with Crippen LogP contribution in [0.3, 0.4) is 0 Å². The second-order valence-corrected chi connectivity index (χ2v) is 6.04. The number of halogens is 2. The van der Waals surface area contributed by atoms with E-state index < -0.39 is 5.54 Å². The van der Waals surface area contributed by atoms with Crippen molar-refractivity contribution in [2.45, 2.75) is 31.5 Å². The van der Waals surface area contributed by atoms with E-state index in [1.807, 2.05) is 0 Å². The summed E-state index contributed by atoms with van der Waals surface area (Å²) in [6, 6.07) is 8.41. The topological polar surface area (TPSA) is 67.6 Å². The van der Waals surface area contributed by atoms with Gasteiger partial charge in [-0.2, -0.15) is 0 Å². The Morgan fingerprint density at radius 1 is 1.13 bits per heavy atom. The van der Waals surface area contributed by atoms with Crippen LogP contribution < -0.4 is 11.1 Å². The van der Waals surface area contributed by atoms with Gasteiger partial charge in [0.1, 0.15) is 0 Å². The van der Waals surface area contributed by atoms with Crippen molar-refractivity contribution >= 4 is 30.7 Å². The van der Waals surface area contributed by atoms with E-state index in [1.165, 1.54) is 5.56 Å². The first-order valence-corrected chi connectivity index (χ1v) is 7.61. The number of carbonyl (C=O) groups is 1. The van der Waals surface area contributed by atoms with Crippen molar-refractivity contribution < 1.29 is 9.53 Å². The quantitative estimate of drug-likeness (QED) is 0.833. The Hall–Kier alpha value is -0.850. The molecule has 5 nitrogen and oxygen atoms in total. The third kappa shape index (κ3) is 5.62. The van der Waals surface area contributed by atoms with Gasteiger partial charge >= 0.3 is 0 Å². The fourth-order valence-corrected chi connectivity index (χ4v) is 2.50. The third-order valence-corrected chi connectivity index (χ3v) is 4.23. The summed E-state index contributed by atoms with van der Waals surface area (Å²) in [5.74, 6) is -0.0279. The zero-order valence-electron chi connectivity index (χ0n) is 13.1. The molecule has 0 radical (unpaired) electrons. The van der Waals surface area contributed by atoms with Crippen LogP contribution >= 0.6 is 24.8 Å². The molecule has 1 heterocycles. The minimum atomic E-state index is -0.587. The van der Waals surface area contributed by atoms with Crippen molar-refractivity contribution in [1.82, 2.24) is 10.2 Å². The molecular formula is C16H25Cl2N3O2. The van der Waals surface area contributed by atoms with E-state index in [0.717, 1.165) is 51.3 Å². The number of carbonyl (C=O) groups excluding carboxylic acids is 1. The molecule has 3 N–H and O–H groups in total. The molecule has 2 fully saturated rings. The van der Waals surface area contributed by atoms with Gasteiger partial charge in [0.2, 0.25) is 5.91 Å². The maximum atomic E-state index is 11.8. The van der Waals surface area contributed by atoms with Gasteiger partial charge in [0.25, 0.3) is 0 Å². The highest BCUT2D eigenvalue weighted by atomic mass is 35.5. The number of ether oxygens (including phenoxy) is 1. The average Bonchev–Trinajstić information content (AvgIpc) is 3.26. The number of hydrogen-bond acceptors (Lipinski definition) is 4.